The first kappa shape index (κ1) is 13.7. The van der Waals surface area contributed by atoms with Crippen LogP contribution in [-0.2, 0) is 4.79 Å². The number of hydrogen-bond donors (Lipinski definition) is 1. The zero-order valence-electron chi connectivity index (χ0n) is 9.05. The zero-order chi connectivity index (χ0) is 14.0. The van der Waals surface area contributed by atoms with Gasteiger partial charge >= 0.3 is 5.97 Å². The Bertz CT molecular complexity index is 613. The lowest BCUT2D eigenvalue weighted by molar-refractivity contribution is -0.133. The van der Waals surface area contributed by atoms with Crippen molar-refractivity contribution in [2.45, 2.75) is 5.16 Å². The van der Waals surface area contributed by atoms with Crippen LogP contribution in [0.1, 0.15) is 0 Å². The molecule has 0 fully saturated rings. The van der Waals surface area contributed by atoms with E-state index in [-0.39, 0.29) is 21.6 Å². The number of hydrogen-bond acceptors (Lipinski definition) is 5. The maximum atomic E-state index is 13.7. The third kappa shape index (κ3) is 2.99. The average molecular weight is 307 g/mol. The SMILES string of the molecule is O=C(O)CSc1nnnn1-c1c(F)cc(F)cc1Cl. The van der Waals surface area contributed by atoms with E-state index >= 15 is 0 Å². The monoisotopic (exact) mass is 306 g/mol. The molecule has 0 saturated carbocycles. The fourth-order valence-corrected chi connectivity index (χ4v) is 2.14. The normalized spacial score (nSPS) is 10.7. The van der Waals surface area contributed by atoms with Crippen molar-refractivity contribution in [1.29, 1.82) is 0 Å². The van der Waals surface area contributed by atoms with Gasteiger partial charge in [-0.2, -0.15) is 4.68 Å². The predicted octanol–water partition coefficient (Wildman–Crippen LogP) is 1.77. The number of thioether (sulfide) groups is 1. The summed E-state index contributed by atoms with van der Waals surface area (Å²) >= 11 is 6.53. The van der Waals surface area contributed by atoms with Crippen molar-refractivity contribution in [3.05, 3.63) is 28.8 Å². The van der Waals surface area contributed by atoms with Gasteiger partial charge in [0.2, 0.25) is 5.16 Å². The molecule has 0 saturated heterocycles. The molecule has 0 amide bonds. The van der Waals surface area contributed by atoms with E-state index in [2.05, 4.69) is 15.5 Å². The van der Waals surface area contributed by atoms with Gasteiger partial charge in [0.25, 0.3) is 0 Å². The number of carboxylic acid groups (broad SMARTS) is 1. The van der Waals surface area contributed by atoms with Crippen LogP contribution in [-0.4, -0.2) is 37.0 Å². The summed E-state index contributed by atoms with van der Waals surface area (Å²) in [5, 5.41) is 18.8. The molecule has 1 aromatic heterocycles. The van der Waals surface area contributed by atoms with Crippen LogP contribution in [0.3, 0.4) is 0 Å². The van der Waals surface area contributed by atoms with Gasteiger partial charge in [0.15, 0.2) is 5.82 Å². The quantitative estimate of drug-likeness (QED) is 0.867. The average Bonchev–Trinajstić information content (AvgIpc) is 2.73. The lowest BCUT2D eigenvalue weighted by Crippen LogP contribution is -2.06. The number of aromatic nitrogens is 4. The van der Waals surface area contributed by atoms with E-state index < -0.39 is 17.6 Å². The lowest BCUT2D eigenvalue weighted by atomic mass is 10.3. The van der Waals surface area contributed by atoms with Gasteiger partial charge < -0.3 is 5.11 Å². The van der Waals surface area contributed by atoms with Gasteiger partial charge in [0.1, 0.15) is 11.5 Å². The van der Waals surface area contributed by atoms with Crippen molar-refractivity contribution in [1.82, 2.24) is 20.2 Å². The Morgan fingerprint density at radius 1 is 1.47 bits per heavy atom. The summed E-state index contributed by atoms with van der Waals surface area (Å²) in [5.74, 6) is -3.17. The highest BCUT2D eigenvalue weighted by atomic mass is 35.5. The Kier molecular flexibility index (Phi) is 3.96. The third-order valence-corrected chi connectivity index (χ3v) is 3.15. The minimum atomic E-state index is -1.08. The molecule has 100 valence electrons. The first-order valence-electron chi connectivity index (χ1n) is 4.77. The summed E-state index contributed by atoms with van der Waals surface area (Å²) in [4.78, 5) is 10.5. The largest absolute Gasteiger partial charge is 0.481 e. The van der Waals surface area contributed by atoms with E-state index in [4.69, 9.17) is 16.7 Å². The molecule has 2 rings (SSSR count). The molecule has 0 spiro atoms. The van der Waals surface area contributed by atoms with Crippen molar-refractivity contribution in [3.8, 4) is 5.69 Å². The van der Waals surface area contributed by atoms with Gasteiger partial charge in [-0.25, -0.2) is 8.78 Å². The number of carboxylic acids is 1. The molecule has 1 aromatic carbocycles. The minimum absolute atomic E-state index is 0.0369. The number of benzene rings is 1. The molecule has 2 aromatic rings. The fraction of sp³-hybridized carbons (Fsp3) is 0.111. The number of aliphatic carboxylic acids is 1. The number of halogens is 3. The molecule has 10 heteroatoms. The highest BCUT2D eigenvalue weighted by Crippen LogP contribution is 2.27. The summed E-state index contributed by atoms with van der Waals surface area (Å²) in [6.45, 7) is 0. The molecule has 0 aliphatic heterocycles. The van der Waals surface area contributed by atoms with Gasteiger partial charge in [0, 0.05) is 6.07 Å². The molecule has 0 atom stereocenters. The smallest absolute Gasteiger partial charge is 0.313 e. The van der Waals surface area contributed by atoms with Crippen LogP contribution >= 0.6 is 23.4 Å². The van der Waals surface area contributed by atoms with Gasteiger partial charge in [-0.05, 0) is 16.5 Å². The third-order valence-electron chi connectivity index (χ3n) is 1.96. The predicted molar refractivity (Wildman–Crippen MR) is 62.4 cm³/mol. The molecule has 6 nitrogen and oxygen atoms in total. The number of carbonyl (C=O) groups is 1. The van der Waals surface area contributed by atoms with Crippen molar-refractivity contribution >= 4 is 29.3 Å². The molecule has 19 heavy (non-hydrogen) atoms. The fourth-order valence-electron chi connectivity index (χ4n) is 1.27. The minimum Gasteiger partial charge on any atom is -0.481 e. The number of nitrogens with zero attached hydrogens (tertiary/aromatic N) is 4. The van der Waals surface area contributed by atoms with E-state index in [0.29, 0.717) is 6.07 Å². The Labute approximate surface area is 114 Å². The summed E-state index contributed by atoms with van der Waals surface area (Å²) in [6.07, 6.45) is 0. The standard InChI is InChI=1S/C9H5ClF2N4O2S/c10-5-1-4(11)2-6(12)8(5)16-9(13-14-15-16)19-3-7(17)18/h1-2H,3H2,(H,17,18). The van der Waals surface area contributed by atoms with Gasteiger partial charge in [0.05, 0.1) is 10.8 Å². The van der Waals surface area contributed by atoms with E-state index in [9.17, 15) is 13.6 Å². The van der Waals surface area contributed by atoms with Gasteiger partial charge in [-0.15, -0.1) is 5.10 Å². The van der Waals surface area contributed by atoms with Crippen LogP contribution in [0.4, 0.5) is 8.78 Å². The van der Waals surface area contributed by atoms with Gasteiger partial charge in [-0.1, -0.05) is 23.4 Å². The van der Waals surface area contributed by atoms with Crippen molar-refractivity contribution < 1.29 is 18.7 Å². The Balaban J connectivity index is 2.43. The lowest BCUT2D eigenvalue weighted by Gasteiger charge is -2.07. The summed E-state index contributed by atoms with van der Waals surface area (Å²) in [6, 6.07) is 1.54. The maximum absolute atomic E-state index is 13.7. The summed E-state index contributed by atoms with van der Waals surface area (Å²) in [7, 11) is 0. The number of tetrazole rings is 1. The zero-order valence-corrected chi connectivity index (χ0v) is 10.6. The molecule has 0 aliphatic carbocycles. The van der Waals surface area contributed by atoms with Crippen LogP contribution in [0.2, 0.25) is 5.02 Å². The van der Waals surface area contributed by atoms with E-state index in [1.54, 1.807) is 0 Å². The van der Waals surface area contributed by atoms with Crippen molar-refractivity contribution in [2.24, 2.45) is 0 Å². The molecule has 1 N–H and O–H groups in total. The topological polar surface area (TPSA) is 80.9 Å². The summed E-state index contributed by atoms with van der Waals surface area (Å²) < 4.78 is 27.5. The van der Waals surface area contributed by atoms with Crippen LogP contribution < -0.4 is 0 Å². The van der Waals surface area contributed by atoms with E-state index in [1.165, 1.54) is 0 Å². The maximum Gasteiger partial charge on any atom is 0.313 e. The second kappa shape index (κ2) is 5.49. The molecule has 1 heterocycles. The van der Waals surface area contributed by atoms with Gasteiger partial charge in [-0.3, -0.25) is 4.79 Å². The van der Waals surface area contributed by atoms with Crippen LogP contribution in [0.25, 0.3) is 5.69 Å². The number of rotatable bonds is 4. The Hall–Kier alpha value is -1.74. The first-order chi connectivity index (χ1) is 8.99. The Morgan fingerprint density at radius 2 is 2.21 bits per heavy atom. The molecular formula is C9H5ClF2N4O2S. The van der Waals surface area contributed by atoms with Crippen molar-refractivity contribution in [3.63, 3.8) is 0 Å². The van der Waals surface area contributed by atoms with E-state index in [0.717, 1.165) is 22.5 Å². The van der Waals surface area contributed by atoms with Crippen LogP contribution in [0.15, 0.2) is 17.3 Å². The first-order valence-corrected chi connectivity index (χ1v) is 6.13. The second-order valence-corrected chi connectivity index (χ2v) is 4.62. The second-order valence-electron chi connectivity index (χ2n) is 3.27. The molecule has 0 bridgehead atoms. The van der Waals surface area contributed by atoms with Crippen LogP contribution in [0, 0.1) is 11.6 Å². The Morgan fingerprint density at radius 3 is 2.84 bits per heavy atom. The van der Waals surface area contributed by atoms with E-state index in [1.807, 2.05) is 0 Å². The summed E-state index contributed by atoms with van der Waals surface area (Å²) in [5.41, 5.74) is -0.235. The molecule has 0 radical (unpaired) electrons. The highest BCUT2D eigenvalue weighted by molar-refractivity contribution is 7.99. The molecule has 0 unspecified atom stereocenters. The van der Waals surface area contributed by atoms with Crippen molar-refractivity contribution in [2.75, 3.05) is 5.75 Å². The highest BCUT2D eigenvalue weighted by Gasteiger charge is 2.18. The molecular weight excluding hydrogens is 302 g/mol. The van der Waals surface area contributed by atoms with Crippen LogP contribution in [0.5, 0.6) is 0 Å². The molecule has 0 aliphatic rings.